The van der Waals surface area contributed by atoms with Crippen LogP contribution in [0.2, 0.25) is 0 Å². The van der Waals surface area contributed by atoms with Crippen molar-refractivity contribution in [1.82, 2.24) is 62.6 Å². The summed E-state index contributed by atoms with van der Waals surface area (Å²) in [6.07, 6.45) is 3.55. The minimum Gasteiger partial charge on any atom is -0.444 e. The molecule has 0 saturated heterocycles. The molecule has 43 heteroatoms. The summed E-state index contributed by atoms with van der Waals surface area (Å²) in [5, 5.41) is 29.0. The third-order valence-electron chi connectivity index (χ3n) is 16.1. The van der Waals surface area contributed by atoms with Crippen LogP contribution in [-0.2, 0) is 114 Å². The summed E-state index contributed by atoms with van der Waals surface area (Å²) in [6, 6.07) is 0. The van der Waals surface area contributed by atoms with E-state index in [0.29, 0.717) is 295 Å². The van der Waals surface area contributed by atoms with Crippen LogP contribution in [0, 0.1) is 0 Å². The number of hydrogen-bond acceptors (Lipinski definition) is 32. The number of nitrogens with one attached hydrogen (secondary N) is 9. The average Bonchev–Trinajstić information content (AvgIpc) is 0.903. The number of nitrogens with zero attached hydrogens (tertiary/aromatic N) is 6. The van der Waals surface area contributed by atoms with Crippen molar-refractivity contribution < 1.29 is 133 Å². The largest absolute Gasteiger partial charge is 0.444 e. The Labute approximate surface area is 754 Å². The lowest BCUT2D eigenvalue weighted by molar-refractivity contribution is -0.126. The summed E-state index contributed by atoms with van der Waals surface area (Å²) in [4.78, 5) is 124. The van der Waals surface area contributed by atoms with E-state index in [1.165, 1.54) is 0 Å². The highest BCUT2D eigenvalue weighted by Crippen LogP contribution is 2.10. The zero-order valence-electron chi connectivity index (χ0n) is 78.8. The molecule has 127 heavy (non-hydrogen) atoms. The molecule has 0 unspecified atom stereocenters. The number of amides is 9. The Morgan fingerprint density at radius 3 is 0.551 bits per heavy atom. The van der Waals surface area contributed by atoms with Gasteiger partial charge < -0.3 is 138 Å². The molecule has 9 amide bonds. The lowest BCUT2D eigenvalue weighted by Gasteiger charge is -2.29. The highest BCUT2D eigenvalue weighted by atomic mass is 16.6. The van der Waals surface area contributed by atoms with Gasteiger partial charge in [-0.25, -0.2) is 19.2 Å². The van der Waals surface area contributed by atoms with Crippen molar-refractivity contribution in [3.8, 4) is 0 Å². The smallest absolute Gasteiger partial charge is 0.407 e. The Morgan fingerprint density at radius 2 is 0.378 bits per heavy atom. The van der Waals surface area contributed by atoms with Gasteiger partial charge >= 0.3 is 24.4 Å². The zero-order chi connectivity index (χ0) is 93.9. The van der Waals surface area contributed by atoms with Gasteiger partial charge in [0.2, 0.25) is 29.5 Å². The molecule has 0 aliphatic rings. The fourth-order valence-electron chi connectivity index (χ4n) is 10.3. The number of carbonyl (C=O) groups is 9. The highest BCUT2D eigenvalue weighted by molar-refractivity contribution is 5.82. The lowest BCUT2D eigenvalue weighted by Crippen LogP contribution is -2.50. The second-order valence-corrected chi connectivity index (χ2v) is 32.8. The first kappa shape index (κ1) is 120. The molecule has 0 heterocycles. The van der Waals surface area contributed by atoms with Crippen LogP contribution >= 0.6 is 0 Å². The molecule has 0 aliphatic heterocycles. The Balaban J connectivity index is 6.25. The molecule has 0 aromatic heterocycles. The van der Waals surface area contributed by atoms with Gasteiger partial charge in [0.25, 0.3) is 0 Å². The van der Waals surface area contributed by atoms with Crippen LogP contribution in [0.15, 0.2) is 5.11 Å². The lowest BCUT2D eigenvalue weighted by atomic mass is 10.2. The minimum absolute atomic E-state index is 0.128. The van der Waals surface area contributed by atoms with E-state index in [0.717, 1.165) is 0 Å². The fraction of sp³-hybridized carbons (Fsp3) is 0.893. The summed E-state index contributed by atoms with van der Waals surface area (Å²) >= 11 is 0. The van der Waals surface area contributed by atoms with Crippen molar-refractivity contribution in [3.05, 3.63) is 10.4 Å². The number of rotatable bonds is 86. The molecule has 0 spiro atoms. The first-order valence-corrected chi connectivity index (χ1v) is 44.9. The maximum absolute atomic E-state index is 13.9. The predicted molar refractivity (Wildman–Crippen MR) is 474 cm³/mol. The summed E-state index contributed by atoms with van der Waals surface area (Å²) < 4.78 is 106. The Hall–Kier alpha value is -6.98. The zero-order valence-corrected chi connectivity index (χ0v) is 78.8. The summed E-state index contributed by atoms with van der Waals surface area (Å²) in [7, 11) is 0. The Bertz CT molecular complexity index is 2510. The maximum atomic E-state index is 13.9. The first-order chi connectivity index (χ1) is 60.8. The standard InChI is InChI=1S/C84H163N15O28/c1-81(2,3)124-77(105)91-28-18-42-114-52-62-119-57-47-110-38-14-24-87-73(101)68-98(69-74(102)88-25-15-39-111-48-58-120-63-53-115-43-19-29-92-78(106)125-82(4,5)6)35-33-97(67-72(100)86-23-13-37-109-51-61-123-66-56-118-46-22-32-95-96-85)34-36-99(70-75(103)89-26-16-40-112-49-59-121-64-54-116-44-20-30-93-79(107)126-83(7,8)9)71-76(104)90-27-17-41-113-50-60-122-65-55-117-45-21-31-94-80(108)127-84(10,11)12/h13-71H2,1-12H3,(H,86,100)(H,87,101)(H,88,102)(H,89,103)(H,90,104)(H,91,105)(H,92,106)(H,93,107)(H,94,108). The van der Waals surface area contributed by atoms with Crippen LogP contribution in [0.4, 0.5) is 19.2 Å². The highest BCUT2D eigenvalue weighted by Gasteiger charge is 2.24. The van der Waals surface area contributed by atoms with E-state index in [2.05, 4.69) is 57.9 Å². The average molecular weight is 1830 g/mol. The van der Waals surface area contributed by atoms with Crippen LogP contribution in [0.25, 0.3) is 10.4 Å². The number of carbonyl (C=O) groups excluding carboxylic acids is 9. The third kappa shape index (κ3) is 93.5. The van der Waals surface area contributed by atoms with Gasteiger partial charge in [-0.2, -0.15) is 0 Å². The minimum atomic E-state index is -0.580. The summed E-state index contributed by atoms with van der Waals surface area (Å²) in [5.41, 5.74) is 6.13. The fourth-order valence-corrected chi connectivity index (χ4v) is 10.3. The van der Waals surface area contributed by atoms with E-state index in [1.807, 2.05) is 4.90 Å². The van der Waals surface area contributed by atoms with Gasteiger partial charge in [-0.3, -0.25) is 38.7 Å². The van der Waals surface area contributed by atoms with Gasteiger partial charge in [-0.1, -0.05) is 5.11 Å². The van der Waals surface area contributed by atoms with E-state index in [1.54, 1.807) is 92.9 Å². The van der Waals surface area contributed by atoms with Crippen LogP contribution in [-0.4, -0.2) is 414 Å². The second-order valence-electron chi connectivity index (χ2n) is 32.8. The molecule has 0 aliphatic carbocycles. The Morgan fingerprint density at radius 1 is 0.228 bits per heavy atom. The van der Waals surface area contributed by atoms with E-state index in [4.69, 9.17) is 95.5 Å². The van der Waals surface area contributed by atoms with Crippen molar-refractivity contribution in [3.63, 3.8) is 0 Å². The summed E-state index contributed by atoms with van der Waals surface area (Å²) in [6.45, 7) is 35.5. The molecule has 0 fully saturated rings. The molecule has 0 atom stereocenters. The molecule has 0 rings (SSSR count). The number of hydrogen-bond donors (Lipinski definition) is 9. The van der Waals surface area contributed by atoms with Crippen LogP contribution < -0.4 is 47.9 Å². The topological polar surface area (TPSA) is 496 Å². The number of azide groups is 1. The molecule has 0 aromatic rings. The van der Waals surface area contributed by atoms with Crippen molar-refractivity contribution in [2.45, 2.75) is 170 Å². The monoisotopic (exact) mass is 1830 g/mol. The number of alkyl carbamates (subject to hydrolysis) is 4. The van der Waals surface area contributed by atoms with Crippen molar-refractivity contribution >= 4 is 53.9 Å². The molecule has 0 bridgehead atoms. The van der Waals surface area contributed by atoms with Gasteiger partial charge in [-0.15, -0.1) is 0 Å². The molecule has 43 nitrogen and oxygen atoms in total. The molecule has 742 valence electrons. The molecule has 9 N–H and O–H groups in total. The van der Waals surface area contributed by atoms with E-state index in [9.17, 15) is 43.2 Å². The maximum Gasteiger partial charge on any atom is 0.407 e. The summed E-state index contributed by atoms with van der Waals surface area (Å²) in [5.74, 6) is -1.74. The third-order valence-corrected chi connectivity index (χ3v) is 16.1. The van der Waals surface area contributed by atoms with Gasteiger partial charge in [0.05, 0.1) is 165 Å². The molecule has 0 radical (unpaired) electrons. The Kier molecular flexibility index (Phi) is 77.7. The molecular weight excluding hydrogens is 1670 g/mol. The van der Waals surface area contributed by atoms with Gasteiger partial charge in [0, 0.05) is 163 Å². The number of ether oxygens (including phenoxy) is 19. The van der Waals surface area contributed by atoms with Crippen molar-refractivity contribution in [1.29, 1.82) is 0 Å². The van der Waals surface area contributed by atoms with Crippen molar-refractivity contribution in [2.75, 3.05) is 323 Å². The second kappa shape index (κ2) is 82.2. The van der Waals surface area contributed by atoms with E-state index >= 15 is 0 Å². The normalized spacial score (nSPS) is 11.8. The predicted octanol–water partition coefficient (Wildman–Crippen LogP) is 4.03. The van der Waals surface area contributed by atoms with Crippen LogP contribution in [0.3, 0.4) is 0 Å². The molecule has 0 saturated carbocycles. The van der Waals surface area contributed by atoms with Crippen LogP contribution in [0.5, 0.6) is 0 Å². The van der Waals surface area contributed by atoms with E-state index in [-0.39, 0.29) is 121 Å². The van der Waals surface area contributed by atoms with Gasteiger partial charge in [0.15, 0.2) is 0 Å². The van der Waals surface area contributed by atoms with Gasteiger partial charge in [0.1, 0.15) is 22.4 Å². The van der Waals surface area contributed by atoms with Crippen molar-refractivity contribution in [2.24, 2.45) is 5.11 Å². The van der Waals surface area contributed by atoms with E-state index < -0.39 is 46.8 Å². The SMILES string of the molecule is CC(C)(C)OC(=O)NCCCOCCOCCOCCCNC(=O)CN(CCN(CCN(CC(=O)NCCCOCCOCCOCCCNC(=O)OC(C)(C)C)CC(=O)NCCCOCCOCCOCCCNC(=O)OC(C)(C)C)CC(=O)NCCCOCCOCCOCCCN=[N+]=[N-])CC(=O)NCCCOCCOCCOCCCNC(=O)OC(C)(C)C. The van der Waals surface area contributed by atoms with Gasteiger partial charge in [-0.05, 0) is 153 Å². The molecule has 0 aromatic carbocycles. The quantitative estimate of drug-likeness (QED) is 0.0136. The first-order valence-electron chi connectivity index (χ1n) is 44.9. The molecular formula is C84H163N15O28. The van der Waals surface area contributed by atoms with Crippen LogP contribution in [0.1, 0.15) is 147 Å².